The van der Waals surface area contributed by atoms with Crippen LogP contribution in [0.3, 0.4) is 0 Å². The minimum atomic E-state index is -0.188. The first-order valence-corrected chi connectivity index (χ1v) is 7.37. The van der Waals surface area contributed by atoms with Crippen LogP contribution in [0.25, 0.3) is 0 Å². The average Bonchev–Trinajstić information content (AvgIpc) is 2.49. The van der Waals surface area contributed by atoms with E-state index in [-0.39, 0.29) is 17.9 Å². The topological polar surface area (TPSA) is 29.3 Å². The summed E-state index contributed by atoms with van der Waals surface area (Å²) < 4.78 is 14.1. The van der Waals surface area contributed by atoms with Crippen molar-refractivity contribution < 1.29 is 4.39 Å². The molecule has 0 radical (unpaired) electrons. The molecule has 2 aromatic carbocycles. The molecule has 0 bridgehead atoms. The summed E-state index contributed by atoms with van der Waals surface area (Å²) in [6.45, 7) is 5.39. The Labute approximate surface area is 126 Å². The maximum atomic E-state index is 14.1. The van der Waals surface area contributed by atoms with E-state index in [0.29, 0.717) is 12.1 Å². The molecule has 2 rings (SSSR count). The van der Waals surface area contributed by atoms with Crippen molar-refractivity contribution in [2.24, 2.45) is 5.73 Å². The molecule has 3 heteroatoms. The second kappa shape index (κ2) is 7.34. The quantitative estimate of drug-likeness (QED) is 0.876. The molecule has 1 atom stereocenters. The molecule has 0 aliphatic heterocycles. The number of hydrogen-bond acceptors (Lipinski definition) is 2. The third kappa shape index (κ3) is 3.90. The number of hydrogen-bond donors (Lipinski definition) is 1. The number of rotatable bonds is 6. The van der Waals surface area contributed by atoms with Crippen LogP contribution in [0.1, 0.15) is 31.0 Å². The van der Waals surface area contributed by atoms with E-state index in [0.717, 1.165) is 6.54 Å². The minimum absolute atomic E-state index is 0.119. The third-order valence-corrected chi connectivity index (χ3v) is 3.76. The predicted octanol–water partition coefficient (Wildman–Crippen LogP) is 3.74. The van der Waals surface area contributed by atoms with Crippen LogP contribution in [0.15, 0.2) is 54.6 Å². The molecule has 1 unspecified atom stereocenters. The van der Waals surface area contributed by atoms with Crippen LogP contribution in [0, 0.1) is 5.82 Å². The van der Waals surface area contributed by atoms with E-state index in [4.69, 9.17) is 5.73 Å². The van der Waals surface area contributed by atoms with Gasteiger partial charge in [0.05, 0.1) is 6.04 Å². The van der Waals surface area contributed by atoms with Crippen molar-refractivity contribution in [3.05, 3.63) is 71.5 Å². The molecular weight excluding hydrogens is 263 g/mol. The lowest BCUT2D eigenvalue weighted by molar-refractivity contribution is 0.145. The summed E-state index contributed by atoms with van der Waals surface area (Å²) in [5.74, 6) is -0.188. The standard InChI is InChI=1S/C18H23FN2/c1-14(2)21(13-15-8-4-3-5-9-15)18(12-20)16-10-6-7-11-17(16)19/h3-11,14,18H,12-13,20H2,1-2H3. The van der Waals surface area contributed by atoms with Crippen LogP contribution < -0.4 is 5.73 Å². The van der Waals surface area contributed by atoms with Crippen LogP contribution in [0.2, 0.25) is 0 Å². The van der Waals surface area contributed by atoms with Crippen LogP contribution in [-0.2, 0) is 6.54 Å². The molecule has 0 heterocycles. The van der Waals surface area contributed by atoms with Gasteiger partial charge in [-0.1, -0.05) is 48.5 Å². The van der Waals surface area contributed by atoms with E-state index < -0.39 is 0 Å². The van der Waals surface area contributed by atoms with Gasteiger partial charge in [0.25, 0.3) is 0 Å². The summed E-state index contributed by atoms with van der Waals surface area (Å²) in [7, 11) is 0. The van der Waals surface area contributed by atoms with Crippen molar-refractivity contribution in [2.45, 2.75) is 32.5 Å². The largest absolute Gasteiger partial charge is 0.329 e. The summed E-state index contributed by atoms with van der Waals surface area (Å²) in [6.07, 6.45) is 0. The smallest absolute Gasteiger partial charge is 0.128 e. The summed E-state index contributed by atoms with van der Waals surface area (Å²) in [6, 6.07) is 17.3. The first kappa shape index (κ1) is 15.7. The normalized spacial score (nSPS) is 12.9. The number of nitrogens with zero attached hydrogens (tertiary/aromatic N) is 1. The molecular formula is C18H23FN2. The third-order valence-electron chi connectivity index (χ3n) is 3.76. The zero-order valence-electron chi connectivity index (χ0n) is 12.7. The van der Waals surface area contributed by atoms with Gasteiger partial charge in [-0.25, -0.2) is 4.39 Å². The van der Waals surface area contributed by atoms with Crippen molar-refractivity contribution in [3.8, 4) is 0 Å². The lowest BCUT2D eigenvalue weighted by atomic mass is 10.0. The molecule has 2 aromatic rings. The Bertz CT molecular complexity index is 554. The molecule has 2 N–H and O–H groups in total. The fourth-order valence-corrected chi connectivity index (χ4v) is 2.63. The molecule has 112 valence electrons. The molecule has 0 spiro atoms. The molecule has 0 aliphatic carbocycles. The highest BCUT2D eigenvalue weighted by Crippen LogP contribution is 2.26. The number of benzene rings is 2. The summed E-state index contributed by atoms with van der Waals surface area (Å²) in [5.41, 5.74) is 7.84. The molecule has 0 saturated carbocycles. The molecule has 0 aliphatic rings. The number of nitrogens with two attached hydrogens (primary N) is 1. The van der Waals surface area contributed by atoms with E-state index in [9.17, 15) is 4.39 Å². The van der Waals surface area contributed by atoms with E-state index in [1.54, 1.807) is 6.07 Å². The van der Waals surface area contributed by atoms with Gasteiger partial charge < -0.3 is 5.73 Å². The van der Waals surface area contributed by atoms with Gasteiger partial charge in [0.1, 0.15) is 5.82 Å². The summed E-state index contributed by atoms with van der Waals surface area (Å²) >= 11 is 0. The highest BCUT2D eigenvalue weighted by Gasteiger charge is 2.24. The van der Waals surface area contributed by atoms with E-state index >= 15 is 0 Å². The first-order chi connectivity index (χ1) is 10.1. The fraction of sp³-hybridized carbons (Fsp3) is 0.333. The molecule has 0 amide bonds. The lowest BCUT2D eigenvalue weighted by Gasteiger charge is -2.35. The van der Waals surface area contributed by atoms with Crippen molar-refractivity contribution in [1.82, 2.24) is 4.90 Å². The maximum Gasteiger partial charge on any atom is 0.128 e. The van der Waals surface area contributed by atoms with Crippen molar-refractivity contribution in [3.63, 3.8) is 0 Å². The minimum Gasteiger partial charge on any atom is -0.329 e. The monoisotopic (exact) mass is 286 g/mol. The first-order valence-electron chi connectivity index (χ1n) is 7.37. The maximum absolute atomic E-state index is 14.1. The predicted molar refractivity (Wildman–Crippen MR) is 85.3 cm³/mol. The molecule has 0 saturated heterocycles. The summed E-state index contributed by atoms with van der Waals surface area (Å²) in [4.78, 5) is 2.24. The SMILES string of the molecule is CC(C)N(Cc1ccccc1)C(CN)c1ccccc1F. The van der Waals surface area contributed by atoms with Crippen LogP contribution in [0.5, 0.6) is 0 Å². The van der Waals surface area contributed by atoms with E-state index in [1.807, 2.05) is 30.3 Å². The second-order valence-electron chi connectivity index (χ2n) is 5.52. The van der Waals surface area contributed by atoms with Crippen LogP contribution in [0.4, 0.5) is 4.39 Å². The molecule has 0 aromatic heterocycles. The number of halogens is 1. The van der Waals surface area contributed by atoms with Crippen molar-refractivity contribution >= 4 is 0 Å². The highest BCUT2D eigenvalue weighted by atomic mass is 19.1. The van der Waals surface area contributed by atoms with Gasteiger partial charge in [-0.3, -0.25) is 4.90 Å². The fourth-order valence-electron chi connectivity index (χ4n) is 2.63. The average molecular weight is 286 g/mol. The van der Waals surface area contributed by atoms with Gasteiger partial charge in [-0.15, -0.1) is 0 Å². The van der Waals surface area contributed by atoms with Gasteiger partial charge in [0.15, 0.2) is 0 Å². The molecule has 21 heavy (non-hydrogen) atoms. The van der Waals surface area contributed by atoms with Gasteiger partial charge in [0.2, 0.25) is 0 Å². The Morgan fingerprint density at radius 3 is 2.19 bits per heavy atom. The Balaban J connectivity index is 2.29. The van der Waals surface area contributed by atoms with E-state index in [2.05, 4.69) is 30.9 Å². The zero-order chi connectivity index (χ0) is 15.2. The molecule has 2 nitrogen and oxygen atoms in total. The van der Waals surface area contributed by atoms with Crippen LogP contribution >= 0.6 is 0 Å². The van der Waals surface area contributed by atoms with Gasteiger partial charge in [-0.2, -0.15) is 0 Å². The molecule has 0 fully saturated rings. The van der Waals surface area contributed by atoms with Crippen LogP contribution in [-0.4, -0.2) is 17.5 Å². The Hall–Kier alpha value is -1.71. The summed E-state index contributed by atoms with van der Waals surface area (Å²) in [5, 5.41) is 0. The second-order valence-corrected chi connectivity index (χ2v) is 5.52. The van der Waals surface area contributed by atoms with E-state index in [1.165, 1.54) is 11.6 Å². The lowest BCUT2D eigenvalue weighted by Crippen LogP contribution is -2.38. The Morgan fingerprint density at radius 2 is 1.62 bits per heavy atom. The highest BCUT2D eigenvalue weighted by molar-refractivity contribution is 5.23. The van der Waals surface area contributed by atoms with Gasteiger partial charge >= 0.3 is 0 Å². The van der Waals surface area contributed by atoms with Crippen molar-refractivity contribution in [2.75, 3.05) is 6.54 Å². The van der Waals surface area contributed by atoms with Gasteiger partial charge in [-0.05, 0) is 25.5 Å². The van der Waals surface area contributed by atoms with Gasteiger partial charge in [0, 0.05) is 24.7 Å². The Kier molecular flexibility index (Phi) is 5.48. The van der Waals surface area contributed by atoms with Crippen molar-refractivity contribution in [1.29, 1.82) is 0 Å². The Morgan fingerprint density at radius 1 is 1.00 bits per heavy atom. The zero-order valence-corrected chi connectivity index (χ0v) is 12.7.